The van der Waals surface area contributed by atoms with Gasteiger partial charge >= 0.3 is 6.18 Å². The fraction of sp³-hybridized carbons (Fsp3) is 0.700. The minimum absolute atomic E-state index is 0.254. The van der Waals surface area contributed by atoms with Gasteiger partial charge in [0, 0.05) is 12.2 Å². The monoisotopic (exact) mass is 235 g/mol. The third-order valence-corrected chi connectivity index (χ3v) is 2.23. The van der Waals surface area contributed by atoms with Gasteiger partial charge in [0.2, 0.25) is 5.82 Å². The lowest BCUT2D eigenvalue weighted by atomic mass is 10.2. The zero-order valence-electron chi connectivity index (χ0n) is 9.38. The largest absolute Gasteiger partial charge is 0.449 e. The average Bonchev–Trinajstić information content (AvgIpc) is 2.58. The summed E-state index contributed by atoms with van der Waals surface area (Å²) in [5.41, 5.74) is 5.76. The molecular weight excluding hydrogens is 219 g/mol. The van der Waals surface area contributed by atoms with Gasteiger partial charge in [0.15, 0.2) is 0 Å². The Morgan fingerprint density at radius 2 is 2.06 bits per heavy atom. The van der Waals surface area contributed by atoms with Crippen LogP contribution >= 0.6 is 0 Å². The standard InChI is InChI=1S/C10H16F3N3/c1-7(2)16-6-8(4-3-5-14)15-9(16)10(11,12)13/h6-7H,3-5,14H2,1-2H3. The number of rotatable bonds is 4. The number of nitrogens with zero attached hydrogens (tertiary/aromatic N) is 2. The molecule has 0 spiro atoms. The third kappa shape index (κ3) is 2.98. The molecule has 2 N–H and O–H groups in total. The summed E-state index contributed by atoms with van der Waals surface area (Å²) >= 11 is 0. The van der Waals surface area contributed by atoms with Crippen molar-refractivity contribution < 1.29 is 13.2 Å². The zero-order valence-corrected chi connectivity index (χ0v) is 9.38. The lowest BCUT2D eigenvalue weighted by Gasteiger charge is -2.12. The predicted octanol–water partition coefficient (Wildman–Crippen LogP) is 2.37. The molecule has 6 heteroatoms. The third-order valence-electron chi connectivity index (χ3n) is 2.23. The van der Waals surface area contributed by atoms with Crippen molar-refractivity contribution in [2.45, 2.75) is 38.9 Å². The van der Waals surface area contributed by atoms with E-state index >= 15 is 0 Å². The quantitative estimate of drug-likeness (QED) is 0.870. The van der Waals surface area contributed by atoms with Crippen LogP contribution in [0.15, 0.2) is 6.20 Å². The van der Waals surface area contributed by atoms with Crippen molar-refractivity contribution in [3.8, 4) is 0 Å². The number of halogens is 3. The molecule has 1 aromatic rings. The maximum atomic E-state index is 12.6. The van der Waals surface area contributed by atoms with Crippen LogP contribution < -0.4 is 5.73 Å². The number of aryl methyl sites for hydroxylation is 1. The van der Waals surface area contributed by atoms with Crippen LogP contribution in [-0.2, 0) is 12.6 Å². The topological polar surface area (TPSA) is 43.8 Å². The van der Waals surface area contributed by atoms with Gasteiger partial charge in [-0.3, -0.25) is 0 Å². The number of aromatic nitrogens is 2. The molecular formula is C10H16F3N3. The summed E-state index contributed by atoms with van der Waals surface area (Å²) in [4.78, 5) is 3.62. The highest BCUT2D eigenvalue weighted by Gasteiger charge is 2.37. The van der Waals surface area contributed by atoms with E-state index in [-0.39, 0.29) is 6.04 Å². The van der Waals surface area contributed by atoms with Gasteiger partial charge in [-0.1, -0.05) is 0 Å². The second-order valence-electron chi connectivity index (χ2n) is 3.95. The van der Waals surface area contributed by atoms with Crippen molar-refractivity contribution in [3.63, 3.8) is 0 Å². The Labute approximate surface area is 92.5 Å². The molecule has 0 aromatic carbocycles. The van der Waals surface area contributed by atoms with Crippen molar-refractivity contribution in [1.29, 1.82) is 0 Å². The van der Waals surface area contributed by atoms with E-state index in [1.165, 1.54) is 6.20 Å². The molecule has 0 aliphatic carbocycles. The van der Waals surface area contributed by atoms with Crippen LogP contribution in [0.4, 0.5) is 13.2 Å². The number of hydrogen-bond donors (Lipinski definition) is 1. The summed E-state index contributed by atoms with van der Waals surface area (Å²) in [6.07, 6.45) is -1.81. The number of alkyl halides is 3. The normalized spacial score (nSPS) is 12.4. The van der Waals surface area contributed by atoms with Crippen molar-refractivity contribution in [3.05, 3.63) is 17.7 Å². The summed E-state index contributed by atoms with van der Waals surface area (Å²) in [6, 6.07) is -0.254. The summed E-state index contributed by atoms with van der Waals surface area (Å²) in [7, 11) is 0. The molecule has 1 aromatic heterocycles. The highest BCUT2D eigenvalue weighted by Crippen LogP contribution is 2.30. The van der Waals surface area contributed by atoms with E-state index in [2.05, 4.69) is 4.98 Å². The minimum Gasteiger partial charge on any atom is -0.330 e. The molecule has 3 nitrogen and oxygen atoms in total. The fourth-order valence-corrected chi connectivity index (χ4v) is 1.45. The Hall–Kier alpha value is -1.04. The second-order valence-corrected chi connectivity index (χ2v) is 3.95. The summed E-state index contributed by atoms with van der Waals surface area (Å²) in [5.74, 6) is -0.825. The Morgan fingerprint density at radius 1 is 1.44 bits per heavy atom. The van der Waals surface area contributed by atoms with Crippen molar-refractivity contribution in [2.24, 2.45) is 5.73 Å². The first-order chi connectivity index (χ1) is 7.36. The van der Waals surface area contributed by atoms with Gasteiger partial charge in [-0.15, -0.1) is 0 Å². The highest BCUT2D eigenvalue weighted by atomic mass is 19.4. The molecule has 0 saturated carbocycles. The molecule has 0 aliphatic heterocycles. The predicted molar refractivity (Wildman–Crippen MR) is 55.0 cm³/mol. The maximum Gasteiger partial charge on any atom is 0.449 e. The van der Waals surface area contributed by atoms with Crippen LogP contribution in [0.1, 0.15) is 37.8 Å². The molecule has 0 unspecified atom stereocenters. The molecule has 0 atom stereocenters. The summed E-state index contributed by atoms with van der Waals surface area (Å²) in [6.45, 7) is 3.85. The van der Waals surface area contributed by atoms with Gasteiger partial charge in [-0.25, -0.2) is 4.98 Å². The van der Waals surface area contributed by atoms with E-state index in [0.717, 1.165) is 4.57 Å². The second kappa shape index (κ2) is 4.86. The fourth-order valence-electron chi connectivity index (χ4n) is 1.45. The molecule has 0 aliphatic rings. The Balaban J connectivity index is 3.01. The molecule has 1 heterocycles. The van der Waals surface area contributed by atoms with Crippen molar-refractivity contribution in [1.82, 2.24) is 9.55 Å². The Bertz CT molecular complexity index is 342. The van der Waals surface area contributed by atoms with E-state index < -0.39 is 12.0 Å². The Kier molecular flexibility index (Phi) is 3.96. The van der Waals surface area contributed by atoms with Gasteiger partial charge in [0.25, 0.3) is 0 Å². The molecule has 0 bridgehead atoms. The van der Waals surface area contributed by atoms with Gasteiger partial charge in [0.05, 0.1) is 5.69 Å². The molecule has 0 amide bonds. The molecule has 0 fully saturated rings. The van der Waals surface area contributed by atoms with E-state index in [1.807, 2.05) is 0 Å². The first-order valence-electron chi connectivity index (χ1n) is 5.21. The summed E-state index contributed by atoms with van der Waals surface area (Å²) < 4.78 is 39.1. The van der Waals surface area contributed by atoms with Gasteiger partial charge in [-0.2, -0.15) is 13.2 Å². The Morgan fingerprint density at radius 3 is 2.44 bits per heavy atom. The number of imidazole rings is 1. The molecule has 1 rings (SSSR count). The maximum absolute atomic E-state index is 12.6. The zero-order chi connectivity index (χ0) is 12.3. The van der Waals surface area contributed by atoms with E-state index in [4.69, 9.17) is 5.73 Å². The summed E-state index contributed by atoms with van der Waals surface area (Å²) in [5, 5.41) is 0. The smallest absolute Gasteiger partial charge is 0.330 e. The first-order valence-corrected chi connectivity index (χ1v) is 5.21. The molecule has 16 heavy (non-hydrogen) atoms. The molecule has 92 valence electrons. The van der Waals surface area contributed by atoms with E-state index in [9.17, 15) is 13.2 Å². The van der Waals surface area contributed by atoms with Crippen LogP contribution in [0.25, 0.3) is 0 Å². The van der Waals surface area contributed by atoms with E-state index in [0.29, 0.717) is 25.1 Å². The molecule has 0 radical (unpaired) electrons. The van der Waals surface area contributed by atoms with Gasteiger partial charge in [0.1, 0.15) is 0 Å². The number of hydrogen-bond acceptors (Lipinski definition) is 2. The van der Waals surface area contributed by atoms with Crippen LogP contribution in [-0.4, -0.2) is 16.1 Å². The van der Waals surface area contributed by atoms with Crippen molar-refractivity contribution in [2.75, 3.05) is 6.54 Å². The van der Waals surface area contributed by atoms with Crippen LogP contribution in [0.2, 0.25) is 0 Å². The SMILES string of the molecule is CC(C)n1cc(CCCN)nc1C(F)(F)F. The van der Waals surface area contributed by atoms with Crippen LogP contribution in [0.3, 0.4) is 0 Å². The highest BCUT2D eigenvalue weighted by molar-refractivity contribution is 5.08. The first kappa shape index (κ1) is 13.0. The number of nitrogens with two attached hydrogens (primary N) is 1. The van der Waals surface area contributed by atoms with Crippen LogP contribution in [0.5, 0.6) is 0 Å². The van der Waals surface area contributed by atoms with Gasteiger partial charge in [-0.05, 0) is 33.2 Å². The molecule has 0 saturated heterocycles. The van der Waals surface area contributed by atoms with Gasteiger partial charge < -0.3 is 10.3 Å². The lowest BCUT2D eigenvalue weighted by Crippen LogP contribution is -2.15. The average molecular weight is 235 g/mol. The van der Waals surface area contributed by atoms with Crippen LogP contribution in [0, 0.1) is 0 Å². The minimum atomic E-state index is -4.40. The van der Waals surface area contributed by atoms with Crippen molar-refractivity contribution >= 4 is 0 Å². The van der Waals surface area contributed by atoms with E-state index in [1.54, 1.807) is 13.8 Å². The lowest BCUT2D eigenvalue weighted by molar-refractivity contribution is -0.147.